The Morgan fingerprint density at radius 3 is 2.48 bits per heavy atom. The molecule has 0 aliphatic heterocycles. The molecular formula is C21H24ClNO5S. The van der Waals surface area contributed by atoms with Crippen LogP contribution in [0.25, 0.3) is 0 Å². The Labute approximate surface area is 179 Å². The number of amides is 1. The fourth-order valence-corrected chi connectivity index (χ4v) is 3.70. The van der Waals surface area contributed by atoms with Crippen molar-refractivity contribution in [3.05, 3.63) is 58.6 Å². The SMILES string of the molecule is COC(=O)CC(NC(=O)CSCc1cccc(Cl)c1)c1ccc(OC)c(OC)c1. The summed E-state index contributed by atoms with van der Waals surface area (Å²) in [6, 6.07) is 12.2. The summed E-state index contributed by atoms with van der Waals surface area (Å²) in [6.07, 6.45) is 0.0106. The molecule has 1 amide bonds. The molecule has 29 heavy (non-hydrogen) atoms. The molecule has 2 rings (SSSR count). The van der Waals surface area contributed by atoms with Gasteiger partial charge in [-0.25, -0.2) is 0 Å². The van der Waals surface area contributed by atoms with Crippen molar-refractivity contribution in [2.45, 2.75) is 18.2 Å². The number of rotatable bonds is 10. The highest BCUT2D eigenvalue weighted by Crippen LogP contribution is 2.31. The van der Waals surface area contributed by atoms with E-state index >= 15 is 0 Å². The van der Waals surface area contributed by atoms with Crippen molar-refractivity contribution in [2.75, 3.05) is 27.1 Å². The number of halogens is 1. The lowest BCUT2D eigenvalue weighted by Crippen LogP contribution is -2.31. The maximum atomic E-state index is 12.5. The van der Waals surface area contributed by atoms with E-state index in [4.69, 9.17) is 25.8 Å². The number of carbonyl (C=O) groups is 2. The number of esters is 1. The van der Waals surface area contributed by atoms with Crippen LogP contribution in [-0.2, 0) is 20.1 Å². The van der Waals surface area contributed by atoms with Gasteiger partial charge in [0, 0.05) is 10.8 Å². The van der Waals surface area contributed by atoms with E-state index in [0.29, 0.717) is 22.3 Å². The Hall–Kier alpha value is -2.38. The monoisotopic (exact) mass is 437 g/mol. The molecule has 0 fully saturated rings. The number of hydrogen-bond acceptors (Lipinski definition) is 6. The van der Waals surface area contributed by atoms with E-state index in [9.17, 15) is 9.59 Å². The number of benzene rings is 2. The van der Waals surface area contributed by atoms with E-state index in [1.807, 2.05) is 24.3 Å². The number of ether oxygens (including phenoxy) is 3. The molecule has 0 saturated heterocycles. The number of nitrogens with one attached hydrogen (secondary N) is 1. The third kappa shape index (κ3) is 7.18. The van der Waals surface area contributed by atoms with E-state index in [-0.39, 0.29) is 18.1 Å². The maximum absolute atomic E-state index is 12.5. The van der Waals surface area contributed by atoms with Crippen LogP contribution in [0.4, 0.5) is 0 Å². The van der Waals surface area contributed by atoms with Crippen molar-refractivity contribution in [3.63, 3.8) is 0 Å². The van der Waals surface area contributed by atoms with Crippen LogP contribution >= 0.6 is 23.4 Å². The summed E-state index contributed by atoms with van der Waals surface area (Å²) in [4.78, 5) is 24.3. The molecule has 8 heteroatoms. The molecule has 1 N–H and O–H groups in total. The van der Waals surface area contributed by atoms with E-state index in [2.05, 4.69) is 5.32 Å². The minimum absolute atomic E-state index is 0.0106. The zero-order valence-electron chi connectivity index (χ0n) is 16.6. The van der Waals surface area contributed by atoms with Gasteiger partial charge in [0.15, 0.2) is 11.5 Å². The molecule has 0 radical (unpaired) electrons. The number of carbonyl (C=O) groups excluding carboxylic acids is 2. The van der Waals surface area contributed by atoms with Crippen LogP contribution in [0.5, 0.6) is 11.5 Å². The standard InChI is InChI=1S/C21H24ClNO5S/c1-26-18-8-7-15(10-19(18)27-2)17(11-21(25)28-3)23-20(24)13-29-12-14-5-4-6-16(22)9-14/h4-10,17H,11-13H2,1-3H3,(H,23,24). The summed E-state index contributed by atoms with van der Waals surface area (Å²) >= 11 is 7.45. The zero-order chi connectivity index (χ0) is 21.2. The molecular weight excluding hydrogens is 414 g/mol. The first kappa shape index (κ1) is 22.9. The summed E-state index contributed by atoms with van der Waals surface area (Å²) in [5, 5.41) is 3.57. The Balaban J connectivity index is 2.03. The van der Waals surface area contributed by atoms with Gasteiger partial charge < -0.3 is 19.5 Å². The van der Waals surface area contributed by atoms with Gasteiger partial charge in [0.2, 0.25) is 5.91 Å². The van der Waals surface area contributed by atoms with Gasteiger partial charge in [-0.2, -0.15) is 0 Å². The molecule has 0 aliphatic rings. The minimum Gasteiger partial charge on any atom is -0.493 e. The molecule has 1 atom stereocenters. The van der Waals surface area contributed by atoms with Gasteiger partial charge in [-0.1, -0.05) is 29.8 Å². The molecule has 6 nitrogen and oxygen atoms in total. The highest BCUT2D eigenvalue weighted by atomic mass is 35.5. The molecule has 0 bridgehead atoms. The molecule has 0 aromatic heterocycles. The lowest BCUT2D eigenvalue weighted by Gasteiger charge is -2.19. The number of methoxy groups -OCH3 is 3. The smallest absolute Gasteiger partial charge is 0.307 e. The molecule has 0 aliphatic carbocycles. The number of hydrogen-bond donors (Lipinski definition) is 1. The van der Waals surface area contributed by atoms with Crippen LogP contribution in [0.1, 0.15) is 23.6 Å². The third-order valence-corrected chi connectivity index (χ3v) is 5.37. The van der Waals surface area contributed by atoms with Gasteiger partial charge >= 0.3 is 5.97 Å². The van der Waals surface area contributed by atoms with Crippen molar-refractivity contribution >= 4 is 35.2 Å². The fourth-order valence-electron chi connectivity index (χ4n) is 2.70. The van der Waals surface area contributed by atoms with Crippen molar-refractivity contribution in [1.82, 2.24) is 5.32 Å². The van der Waals surface area contributed by atoms with Crippen molar-refractivity contribution < 1.29 is 23.8 Å². The van der Waals surface area contributed by atoms with Gasteiger partial charge in [0.05, 0.1) is 39.5 Å². The lowest BCUT2D eigenvalue weighted by molar-refractivity contribution is -0.141. The van der Waals surface area contributed by atoms with E-state index in [0.717, 1.165) is 11.1 Å². The normalized spacial score (nSPS) is 11.4. The number of thioether (sulfide) groups is 1. The molecule has 0 heterocycles. The first-order valence-electron chi connectivity index (χ1n) is 8.87. The topological polar surface area (TPSA) is 73.9 Å². The maximum Gasteiger partial charge on any atom is 0.307 e. The summed E-state index contributed by atoms with van der Waals surface area (Å²) in [5.41, 5.74) is 1.77. The van der Waals surface area contributed by atoms with E-state index < -0.39 is 12.0 Å². The van der Waals surface area contributed by atoms with Crippen molar-refractivity contribution in [3.8, 4) is 11.5 Å². The second-order valence-electron chi connectivity index (χ2n) is 6.14. The summed E-state index contributed by atoms with van der Waals surface area (Å²) in [6.45, 7) is 0. The van der Waals surface area contributed by atoms with Gasteiger partial charge in [-0.05, 0) is 35.4 Å². The second kappa shape index (κ2) is 11.6. The van der Waals surface area contributed by atoms with Gasteiger partial charge in [0.1, 0.15) is 0 Å². The molecule has 2 aromatic carbocycles. The Bertz CT molecular complexity index is 846. The first-order valence-corrected chi connectivity index (χ1v) is 10.4. The summed E-state index contributed by atoms with van der Waals surface area (Å²) in [5.74, 6) is 1.39. The van der Waals surface area contributed by atoms with Crippen LogP contribution in [0, 0.1) is 0 Å². The van der Waals surface area contributed by atoms with Crippen LogP contribution in [0.15, 0.2) is 42.5 Å². The molecule has 0 saturated carbocycles. The van der Waals surface area contributed by atoms with E-state index in [1.54, 1.807) is 25.3 Å². The highest BCUT2D eigenvalue weighted by molar-refractivity contribution is 7.99. The van der Waals surface area contributed by atoms with Crippen LogP contribution in [0.2, 0.25) is 5.02 Å². The van der Waals surface area contributed by atoms with Gasteiger partial charge in [-0.3, -0.25) is 9.59 Å². The van der Waals surface area contributed by atoms with Crippen molar-refractivity contribution in [2.24, 2.45) is 0 Å². The van der Waals surface area contributed by atoms with Crippen LogP contribution in [0.3, 0.4) is 0 Å². The Morgan fingerprint density at radius 1 is 1.07 bits per heavy atom. The predicted molar refractivity (Wildman–Crippen MR) is 115 cm³/mol. The van der Waals surface area contributed by atoms with Gasteiger partial charge in [-0.15, -0.1) is 11.8 Å². The van der Waals surface area contributed by atoms with E-state index in [1.165, 1.54) is 26.0 Å². The molecule has 2 aromatic rings. The third-order valence-electron chi connectivity index (χ3n) is 4.13. The molecule has 1 unspecified atom stereocenters. The zero-order valence-corrected chi connectivity index (χ0v) is 18.1. The first-order chi connectivity index (χ1) is 14.0. The molecule has 0 spiro atoms. The second-order valence-corrected chi connectivity index (χ2v) is 7.56. The van der Waals surface area contributed by atoms with Crippen LogP contribution < -0.4 is 14.8 Å². The average Bonchev–Trinajstić information content (AvgIpc) is 2.72. The largest absolute Gasteiger partial charge is 0.493 e. The Morgan fingerprint density at radius 2 is 1.83 bits per heavy atom. The van der Waals surface area contributed by atoms with Crippen LogP contribution in [-0.4, -0.2) is 39.0 Å². The quantitative estimate of drug-likeness (QED) is 0.566. The van der Waals surface area contributed by atoms with Gasteiger partial charge in [0.25, 0.3) is 0 Å². The predicted octanol–water partition coefficient (Wildman–Crippen LogP) is 4.01. The minimum atomic E-state index is -0.540. The van der Waals surface area contributed by atoms with Crippen molar-refractivity contribution in [1.29, 1.82) is 0 Å². The fraction of sp³-hybridized carbons (Fsp3) is 0.333. The average molecular weight is 438 g/mol. The summed E-state index contributed by atoms with van der Waals surface area (Å²) < 4.78 is 15.3. The lowest BCUT2D eigenvalue weighted by atomic mass is 10.0. The summed E-state index contributed by atoms with van der Waals surface area (Å²) in [7, 11) is 4.39. The molecule has 156 valence electrons. The highest BCUT2D eigenvalue weighted by Gasteiger charge is 2.20. The Kier molecular flexibility index (Phi) is 9.15.